The first kappa shape index (κ1) is 20.6. The largest absolute Gasteiger partial charge is 0.465 e. The first-order valence-corrected chi connectivity index (χ1v) is 10.7. The number of methoxy groups -OCH3 is 1. The fourth-order valence-corrected chi connectivity index (χ4v) is 4.63. The van der Waals surface area contributed by atoms with E-state index in [9.17, 15) is 9.59 Å². The number of carbonyl (C=O) groups is 2. The molecule has 3 heterocycles. The Kier molecular flexibility index (Phi) is 6.22. The van der Waals surface area contributed by atoms with Gasteiger partial charge < -0.3 is 10.1 Å². The Morgan fingerprint density at radius 1 is 1.32 bits per heavy atom. The normalized spacial score (nSPS) is 10.9. The summed E-state index contributed by atoms with van der Waals surface area (Å²) in [6, 6.07) is 3.59. The molecule has 28 heavy (non-hydrogen) atoms. The molecule has 0 bridgehead atoms. The fourth-order valence-electron chi connectivity index (χ4n) is 2.71. The van der Waals surface area contributed by atoms with Crippen molar-refractivity contribution in [2.75, 3.05) is 12.4 Å². The van der Waals surface area contributed by atoms with Crippen molar-refractivity contribution >= 4 is 51.2 Å². The molecule has 3 rings (SSSR count). The van der Waals surface area contributed by atoms with Gasteiger partial charge in [0.05, 0.1) is 40.5 Å². The minimum atomic E-state index is -0.459. The Labute approximate surface area is 176 Å². The standard InChI is InChI=1S/C19H20ClN3O3S2/c1-5-13-7-14(19(25)26-4)18(28-13)21-17(24)15-6-12(9-27-15)8-23-11(3)16(20)10(2)22-23/h6-7,9H,5,8H2,1-4H3,(H,21,24). The number of aromatic nitrogens is 2. The number of ether oxygens (including phenoxy) is 1. The number of amides is 1. The van der Waals surface area contributed by atoms with E-state index in [2.05, 4.69) is 10.4 Å². The number of aryl methyl sites for hydroxylation is 2. The van der Waals surface area contributed by atoms with E-state index in [1.807, 2.05) is 36.9 Å². The van der Waals surface area contributed by atoms with Crippen molar-refractivity contribution in [2.45, 2.75) is 33.7 Å². The molecule has 0 fully saturated rings. The Morgan fingerprint density at radius 2 is 2.07 bits per heavy atom. The Balaban J connectivity index is 1.77. The van der Waals surface area contributed by atoms with E-state index in [0.717, 1.165) is 28.2 Å². The zero-order valence-corrected chi connectivity index (χ0v) is 18.3. The van der Waals surface area contributed by atoms with Crippen molar-refractivity contribution in [1.29, 1.82) is 0 Å². The van der Waals surface area contributed by atoms with Crippen LogP contribution in [-0.2, 0) is 17.7 Å². The van der Waals surface area contributed by atoms with Crippen LogP contribution < -0.4 is 5.32 Å². The summed E-state index contributed by atoms with van der Waals surface area (Å²) in [5, 5.41) is 10.4. The molecule has 0 radical (unpaired) electrons. The Hall–Kier alpha value is -2.16. The predicted octanol–water partition coefficient (Wildman–Crippen LogP) is 4.93. The topological polar surface area (TPSA) is 73.2 Å². The van der Waals surface area contributed by atoms with Gasteiger partial charge in [-0.3, -0.25) is 9.48 Å². The number of nitrogens with one attached hydrogen (secondary N) is 1. The summed E-state index contributed by atoms with van der Waals surface area (Å²) in [6.07, 6.45) is 0.777. The molecule has 0 saturated carbocycles. The highest BCUT2D eigenvalue weighted by atomic mass is 35.5. The number of anilines is 1. The average Bonchev–Trinajstić information content (AvgIpc) is 3.37. The number of carbonyl (C=O) groups excluding carboxylic acids is 2. The molecule has 148 valence electrons. The van der Waals surface area contributed by atoms with Crippen LogP contribution in [0.4, 0.5) is 5.00 Å². The zero-order chi connectivity index (χ0) is 20.4. The van der Waals surface area contributed by atoms with Gasteiger partial charge in [0.1, 0.15) is 5.00 Å². The molecule has 1 N–H and O–H groups in total. The molecule has 3 aromatic rings. The molecule has 0 saturated heterocycles. The van der Waals surface area contributed by atoms with E-state index in [1.165, 1.54) is 29.8 Å². The monoisotopic (exact) mass is 437 g/mol. The summed E-state index contributed by atoms with van der Waals surface area (Å²) in [5.41, 5.74) is 3.02. The van der Waals surface area contributed by atoms with Crippen LogP contribution in [0.3, 0.4) is 0 Å². The lowest BCUT2D eigenvalue weighted by molar-refractivity contribution is 0.0602. The number of hydrogen-bond donors (Lipinski definition) is 1. The van der Waals surface area contributed by atoms with Crippen molar-refractivity contribution < 1.29 is 14.3 Å². The highest BCUT2D eigenvalue weighted by molar-refractivity contribution is 7.17. The van der Waals surface area contributed by atoms with E-state index in [0.29, 0.717) is 27.0 Å². The maximum Gasteiger partial charge on any atom is 0.340 e. The van der Waals surface area contributed by atoms with E-state index >= 15 is 0 Å². The molecule has 0 aliphatic rings. The van der Waals surface area contributed by atoms with Crippen molar-refractivity contribution in [3.05, 3.63) is 54.8 Å². The van der Waals surface area contributed by atoms with Crippen LogP contribution in [0, 0.1) is 13.8 Å². The lowest BCUT2D eigenvalue weighted by Crippen LogP contribution is -2.12. The van der Waals surface area contributed by atoms with Crippen molar-refractivity contribution in [2.24, 2.45) is 0 Å². The van der Waals surface area contributed by atoms with Crippen LogP contribution in [0.2, 0.25) is 5.02 Å². The summed E-state index contributed by atoms with van der Waals surface area (Å²) >= 11 is 8.93. The summed E-state index contributed by atoms with van der Waals surface area (Å²) < 4.78 is 6.64. The van der Waals surface area contributed by atoms with Gasteiger partial charge in [0.2, 0.25) is 0 Å². The van der Waals surface area contributed by atoms with Crippen molar-refractivity contribution in [3.8, 4) is 0 Å². The predicted molar refractivity (Wildman–Crippen MR) is 113 cm³/mol. The van der Waals surface area contributed by atoms with E-state index in [1.54, 1.807) is 6.07 Å². The van der Waals surface area contributed by atoms with Gasteiger partial charge >= 0.3 is 5.97 Å². The molecule has 1 amide bonds. The first-order valence-electron chi connectivity index (χ1n) is 8.63. The van der Waals surface area contributed by atoms with E-state index in [-0.39, 0.29) is 5.91 Å². The van der Waals surface area contributed by atoms with Gasteiger partial charge in [-0.15, -0.1) is 22.7 Å². The minimum Gasteiger partial charge on any atom is -0.465 e. The zero-order valence-electron chi connectivity index (χ0n) is 16.0. The highest BCUT2D eigenvalue weighted by Crippen LogP contribution is 2.30. The molecule has 0 spiro atoms. The third kappa shape index (κ3) is 4.14. The van der Waals surface area contributed by atoms with E-state index in [4.69, 9.17) is 16.3 Å². The molecule has 0 unspecified atom stereocenters. The quantitative estimate of drug-likeness (QED) is 0.555. The number of esters is 1. The third-order valence-corrected chi connectivity index (χ3v) is 6.99. The van der Waals surface area contributed by atoms with Gasteiger partial charge in [0.25, 0.3) is 5.91 Å². The summed E-state index contributed by atoms with van der Waals surface area (Å²) in [4.78, 5) is 26.2. The number of halogens is 1. The van der Waals surface area contributed by atoms with Gasteiger partial charge in [-0.25, -0.2) is 4.79 Å². The molecule has 0 atom stereocenters. The van der Waals surface area contributed by atoms with Crippen LogP contribution in [0.5, 0.6) is 0 Å². The minimum absolute atomic E-state index is 0.252. The highest BCUT2D eigenvalue weighted by Gasteiger charge is 2.20. The Bertz CT molecular complexity index is 1040. The molecule has 6 nitrogen and oxygen atoms in total. The molecule has 0 aromatic carbocycles. The van der Waals surface area contributed by atoms with Gasteiger partial charge in [-0.2, -0.15) is 5.10 Å². The maximum absolute atomic E-state index is 12.7. The fraction of sp³-hybridized carbons (Fsp3) is 0.316. The molecule has 0 aliphatic carbocycles. The SMILES string of the molecule is CCc1cc(C(=O)OC)c(NC(=O)c2cc(Cn3nc(C)c(Cl)c3C)cs2)s1. The molecule has 0 aliphatic heterocycles. The van der Waals surface area contributed by atoms with Gasteiger partial charge in [-0.05, 0) is 43.3 Å². The lowest BCUT2D eigenvalue weighted by Gasteiger charge is -2.04. The van der Waals surface area contributed by atoms with Crippen LogP contribution in [0.1, 0.15) is 48.8 Å². The molecule has 9 heteroatoms. The van der Waals surface area contributed by atoms with Crippen molar-refractivity contribution in [1.82, 2.24) is 9.78 Å². The average molecular weight is 438 g/mol. The second kappa shape index (κ2) is 8.46. The molecule has 3 aromatic heterocycles. The third-order valence-electron chi connectivity index (χ3n) is 4.27. The number of nitrogens with zero attached hydrogens (tertiary/aromatic N) is 2. The van der Waals surface area contributed by atoms with Crippen LogP contribution >= 0.6 is 34.3 Å². The Morgan fingerprint density at radius 3 is 2.68 bits per heavy atom. The van der Waals surface area contributed by atoms with Gasteiger partial charge in [0, 0.05) is 4.88 Å². The number of thiophene rings is 2. The second-order valence-corrected chi connectivity index (χ2v) is 8.64. The smallest absolute Gasteiger partial charge is 0.340 e. The summed E-state index contributed by atoms with van der Waals surface area (Å²) in [6.45, 7) is 6.31. The number of hydrogen-bond acceptors (Lipinski definition) is 6. The van der Waals surface area contributed by atoms with Crippen molar-refractivity contribution in [3.63, 3.8) is 0 Å². The first-order chi connectivity index (χ1) is 13.3. The second-order valence-electron chi connectivity index (χ2n) is 6.22. The van der Waals surface area contributed by atoms with Gasteiger partial charge in [-0.1, -0.05) is 18.5 Å². The summed E-state index contributed by atoms with van der Waals surface area (Å²) in [7, 11) is 1.33. The maximum atomic E-state index is 12.7. The summed E-state index contributed by atoms with van der Waals surface area (Å²) in [5.74, 6) is -0.711. The molecular weight excluding hydrogens is 418 g/mol. The van der Waals surface area contributed by atoms with Gasteiger partial charge in [0.15, 0.2) is 0 Å². The van der Waals surface area contributed by atoms with E-state index < -0.39 is 5.97 Å². The lowest BCUT2D eigenvalue weighted by atomic mass is 10.2. The number of rotatable bonds is 6. The van der Waals surface area contributed by atoms with Crippen LogP contribution in [-0.4, -0.2) is 28.8 Å². The van der Waals surface area contributed by atoms with Crippen LogP contribution in [0.15, 0.2) is 17.5 Å². The molecular formula is C19H20ClN3O3S2. The van der Waals surface area contributed by atoms with Crippen LogP contribution in [0.25, 0.3) is 0 Å².